The first-order chi connectivity index (χ1) is 15.0. The third-order valence-corrected chi connectivity index (χ3v) is 6.65. The predicted molar refractivity (Wildman–Crippen MR) is 117 cm³/mol. The minimum absolute atomic E-state index is 0.0800. The first kappa shape index (κ1) is 18.6. The number of pyridine rings is 1. The summed E-state index contributed by atoms with van der Waals surface area (Å²) >= 11 is 0. The van der Waals surface area contributed by atoms with Gasteiger partial charge in [0.05, 0.1) is 29.3 Å². The summed E-state index contributed by atoms with van der Waals surface area (Å²) in [6.07, 6.45) is 6.59. The van der Waals surface area contributed by atoms with Crippen LogP contribution in [-0.4, -0.2) is 50.4 Å². The summed E-state index contributed by atoms with van der Waals surface area (Å²) in [5, 5.41) is 8.55. The van der Waals surface area contributed by atoms with E-state index in [1.54, 1.807) is 12.4 Å². The summed E-state index contributed by atoms with van der Waals surface area (Å²) in [4.78, 5) is 15.9. The number of aryl methyl sites for hydroxylation is 2. The second-order valence-corrected chi connectivity index (χ2v) is 8.67. The highest BCUT2D eigenvalue weighted by Gasteiger charge is 2.42. The molecule has 3 aromatic heterocycles. The molecule has 1 atom stereocenters. The van der Waals surface area contributed by atoms with E-state index in [4.69, 9.17) is 4.74 Å². The van der Waals surface area contributed by atoms with Crippen LogP contribution in [0.15, 0.2) is 24.5 Å². The lowest BCUT2D eigenvalue weighted by Gasteiger charge is -2.48. The number of fused-ring (bicyclic) bond motifs is 2. The van der Waals surface area contributed by atoms with Crippen molar-refractivity contribution in [1.29, 1.82) is 0 Å². The van der Waals surface area contributed by atoms with Gasteiger partial charge in [-0.1, -0.05) is 6.07 Å². The molecule has 5 heterocycles. The fourth-order valence-electron chi connectivity index (χ4n) is 5.00. The molecule has 0 saturated carbocycles. The van der Waals surface area contributed by atoms with Crippen molar-refractivity contribution in [1.82, 2.24) is 25.1 Å². The van der Waals surface area contributed by atoms with E-state index < -0.39 is 5.82 Å². The number of H-pyrrole nitrogens is 1. The lowest BCUT2D eigenvalue weighted by Crippen LogP contribution is -2.56. The first-order valence-electron chi connectivity index (χ1n) is 10.7. The molecule has 7 nitrogen and oxygen atoms in total. The number of hydrogen-bond donors (Lipinski definition) is 1. The zero-order chi connectivity index (χ0) is 21.2. The van der Waals surface area contributed by atoms with E-state index in [1.165, 1.54) is 0 Å². The van der Waals surface area contributed by atoms with Crippen molar-refractivity contribution in [2.75, 3.05) is 24.6 Å². The molecule has 0 aliphatic carbocycles. The summed E-state index contributed by atoms with van der Waals surface area (Å²) in [5.74, 6) is 0.867. The van der Waals surface area contributed by atoms with Crippen LogP contribution in [0, 0.1) is 19.7 Å². The van der Waals surface area contributed by atoms with E-state index in [0.29, 0.717) is 22.4 Å². The van der Waals surface area contributed by atoms with E-state index in [1.807, 2.05) is 26.0 Å². The number of aromatic nitrogens is 5. The van der Waals surface area contributed by atoms with Gasteiger partial charge in [0.2, 0.25) is 0 Å². The quantitative estimate of drug-likeness (QED) is 0.528. The molecule has 1 spiro atoms. The van der Waals surface area contributed by atoms with Gasteiger partial charge < -0.3 is 9.64 Å². The number of halogens is 1. The minimum Gasteiger partial charge on any atom is -0.373 e. The number of aromatic amines is 1. The summed E-state index contributed by atoms with van der Waals surface area (Å²) in [7, 11) is 0. The number of hydrogen-bond acceptors (Lipinski definition) is 6. The van der Waals surface area contributed by atoms with Crippen molar-refractivity contribution in [2.24, 2.45) is 0 Å². The molecule has 8 heteroatoms. The van der Waals surface area contributed by atoms with Crippen molar-refractivity contribution in [3.05, 3.63) is 41.7 Å². The normalized spacial score (nSPS) is 21.2. The summed E-state index contributed by atoms with van der Waals surface area (Å²) in [6.45, 7) is 6.22. The van der Waals surface area contributed by atoms with Gasteiger partial charge in [-0.15, -0.1) is 0 Å². The molecule has 6 rings (SSSR count). The maximum Gasteiger partial charge on any atom is 0.175 e. The molecular formula is C23H23FN6O. The van der Waals surface area contributed by atoms with Crippen LogP contribution < -0.4 is 4.90 Å². The third kappa shape index (κ3) is 2.81. The molecule has 2 aliphatic heterocycles. The average molecular weight is 418 g/mol. The summed E-state index contributed by atoms with van der Waals surface area (Å²) < 4.78 is 21.8. The predicted octanol–water partition coefficient (Wildman–Crippen LogP) is 4.08. The first-order valence-corrected chi connectivity index (χ1v) is 10.7. The molecule has 0 radical (unpaired) electrons. The summed E-state index contributed by atoms with van der Waals surface area (Å²) in [5.41, 5.74) is 3.04. The van der Waals surface area contributed by atoms with Crippen molar-refractivity contribution < 1.29 is 9.13 Å². The smallest absolute Gasteiger partial charge is 0.175 e. The van der Waals surface area contributed by atoms with Gasteiger partial charge in [-0.2, -0.15) is 5.10 Å². The van der Waals surface area contributed by atoms with E-state index in [9.17, 15) is 0 Å². The van der Waals surface area contributed by atoms with Crippen LogP contribution in [-0.2, 0) is 4.74 Å². The lowest BCUT2D eigenvalue weighted by atomic mass is 9.86. The Balaban J connectivity index is 1.53. The number of nitrogens with one attached hydrogen (secondary N) is 1. The Morgan fingerprint density at radius 3 is 2.81 bits per heavy atom. The molecule has 1 N–H and O–H groups in total. The Bertz CT molecular complexity index is 1330. The number of nitrogens with zero attached hydrogens (tertiary/aromatic N) is 5. The van der Waals surface area contributed by atoms with Gasteiger partial charge in [0.1, 0.15) is 22.9 Å². The van der Waals surface area contributed by atoms with Crippen molar-refractivity contribution >= 4 is 27.6 Å². The second kappa shape index (κ2) is 6.68. The molecule has 1 aromatic carbocycles. The Hall–Kier alpha value is -3.13. The molecule has 0 bridgehead atoms. The maximum atomic E-state index is 15.9. The fourth-order valence-corrected chi connectivity index (χ4v) is 5.00. The van der Waals surface area contributed by atoms with E-state index >= 15 is 4.39 Å². The van der Waals surface area contributed by atoms with Crippen molar-refractivity contribution in [2.45, 2.75) is 38.7 Å². The highest BCUT2D eigenvalue weighted by Crippen LogP contribution is 2.39. The van der Waals surface area contributed by atoms with Gasteiger partial charge in [0.15, 0.2) is 5.82 Å². The largest absolute Gasteiger partial charge is 0.373 e. The van der Waals surface area contributed by atoms with Crippen LogP contribution in [0.1, 0.15) is 30.7 Å². The van der Waals surface area contributed by atoms with Gasteiger partial charge in [0, 0.05) is 36.7 Å². The molecule has 0 amide bonds. The van der Waals surface area contributed by atoms with Crippen LogP contribution in [0.2, 0.25) is 0 Å². The molecule has 2 fully saturated rings. The second-order valence-electron chi connectivity index (χ2n) is 8.67. The van der Waals surface area contributed by atoms with Gasteiger partial charge in [-0.25, -0.2) is 14.4 Å². The van der Waals surface area contributed by atoms with Gasteiger partial charge >= 0.3 is 0 Å². The molecule has 2 saturated heterocycles. The SMILES string of the molecule is Cc1nc(N2CCCC3(CCO3)C2)c2cnc(-c3c(C)ccc4[nH]ncc34)c(F)c2n1. The number of rotatable bonds is 2. The Morgan fingerprint density at radius 2 is 2.00 bits per heavy atom. The zero-order valence-corrected chi connectivity index (χ0v) is 17.6. The van der Waals surface area contributed by atoms with E-state index in [2.05, 4.69) is 30.0 Å². The maximum absolute atomic E-state index is 15.9. The Morgan fingerprint density at radius 1 is 1.13 bits per heavy atom. The van der Waals surface area contributed by atoms with Crippen LogP contribution in [0.4, 0.5) is 10.2 Å². The average Bonchev–Trinajstić information content (AvgIpc) is 3.22. The fraction of sp³-hybridized carbons (Fsp3) is 0.391. The highest BCUT2D eigenvalue weighted by molar-refractivity contribution is 5.98. The Labute approximate surface area is 178 Å². The van der Waals surface area contributed by atoms with Crippen LogP contribution >= 0.6 is 0 Å². The number of piperidine rings is 1. The van der Waals surface area contributed by atoms with Crippen LogP contribution in [0.25, 0.3) is 33.1 Å². The van der Waals surface area contributed by atoms with Gasteiger partial charge in [0.25, 0.3) is 0 Å². The monoisotopic (exact) mass is 418 g/mol. The standard InChI is InChI=1S/C23H23FN6O/c1-13-4-5-17-15(11-26-29-17)18(13)21-19(24)20-16(10-25-21)22(28-14(2)27-20)30-8-3-6-23(12-30)7-9-31-23/h4-5,10-11H,3,6-9,12H2,1-2H3,(H,26,29). The number of anilines is 1. The molecular weight excluding hydrogens is 395 g/mol. The van der Waals surface area contributed by atoms with Crippen LogP contribution in [0.5, 0.6) is 0 Å². The third-order valence-electron chi connectivity index (χ3n) is 6.65. The van der Waals surface area contributed by atoms with Gasteiger partial charge in [-0.05, 0) is 38.3 Å². The topological polar surface area (TPSA) is 79.8 Å². The van der Waals surface area contributed by atoms with Crippen LogP contribution in [0.3, 0.4) is 0 Å². The molecule has 1 unspecified atom stereocenters. The number of ether oxygens (including phenoxy) is 1. The molecule has 31 heavy (non-hydrogen) atoms. The Kier molecular flexibility index (Phi) is 4.02. The van der Waals surface area contributed by atoms with Gasteiger partial charge in [-0.3, -0.25) is 10.1 Å². The lowest BCUT2D eigenvalue weighted by molar-refractivity contribution is -0.151. The van der Waals surface area contributed by atoms with Crippen molar-refractivity contribution in [3.8, 4) is 11.3 Å². The van der Waals surface area contributed by atoms with Crippen molar-refractivity contribution in [3.63, 3.8) is 0 Å². The van der Waals surface area contributed by atoms with E-state index in [0.717, 1.165) is 66.8 Å². The molecule has 158 valence electrons. The number of benzene rings is 1. The van der Waals surface area contributed by atoms with E-state index in [-0.39, 0.29) is 5.60 Å². The minimum atomic E-state index is -0.423. The molecule has 4 aromatic rings. The zero-order valence-electron chi connectivity index (χ0n) is 17.6. The molecule has 2 aliphatic rings. The highest BCUT2D eigenvalue weighted by atomic mass is 19.1. The summed E-state index contributed by atoms with van der Waals surface area (Å²) in [6, 6.07) is 3.89.